The average Bonchev–Trinajstić information content (AvgIpc) is 3.23. The van der Waals surface area contributed by atoms with Crippen molar-refractivity contribution in [1.82, 2.24) is 14.5 Å². The van der Waals surface area contributed by atoms with Crippen LogP contribution in [0.4, 0.5) is 32.8 Å². The van der Waals surface area contributed by atoms with Crippen LogP contribution in [0.1, 0.15) is 37.8 Å². The number of halogens is 5. The van der Waals surface area contributed by atoms with Crippen molar-refractivity contribution in [3.8, 4) is 17.2 Å². The van der Waals surface area contributed by atoms with E-state index >= 15 is 22.0 Å². The van der Waals surface area contributed by atoms with Crippen molar-refractivity contribution in [3.63, 3.8) is 0 Å². The van der Waals surface area contributed by atoms with E-state index in [9.17, 15) is 19.6 Å². The summed E-state index contributed by atoms with van der Waals surface area (Å²) in [7, 11) is 0. The maximum absolute atomic E-state index is 16.1. The Morgan fingerprint density at radius 2 is 1.82 bits per heavy atom. The molecule has 2 fully saturated rings. The summed E-state index contributed by atoms with van der Waals surface area (Å²) < 4.78 is 78.2. The molecule has 2 atom stereocenters. The maximum atomic E-state index is 16.1. The molecule has 4 heterocycles. The lowest BCUT2D eigenvalue weighted by molar-refractivity contribution is -0.137. The molecule has 1 saturated heterocycles. The van der Waals surface area contributed by atoms with Crippen molar-refractivity contribution in [2.24, 2.45) is 5.41 Å². The van der Waals surface area contributed by atoms with E-state index in [0.717, 1.165) is 17.8 Å². The number of carbonyl (C=O) groups excluding carboxylic acids is 2. The SMILES string of the molecule is C=CC(=O)N1C(C)CN(c2nc(=O)n3c4c(c(-c5c(F)cc(F)c6sc(N)c(C#N)c56)c(C(F)(F)F)cc24)SCC2(CC(=O)C2)C3)CC1C. The van der Waals surface area contributed by atoms with Gasteiger partial charge < -0.3 is 15.5 Å². The zero-order valence-corrected chi connectivity index (χ0v) is 27.7. The number of piperazine rings is 1. The van der Waals surface area contributed by atoms with E-state index in [1.807, 2.05) is 0 Å². The predicted octanol–water partition coefficient (Wildman–Crippen LogP) is 6.10. The molecule has 0 bridgehead atoms. The normalized spacial score (nSPS) is 20.4. The third-order valence-electron chi connectivity index (χ3n) is 9.57. The van der Waals surface area contributed by atoms with Crippen LogP contribution in [-0.2, 0) is 22.3 Å². The Morgan fingerprint density at radius 1 is 1.14 bits per heavy atom. The molecular weight excluding hydrogens is 688 g/mol. The summed E-state index contributed by atoms with van der Waals surface area (Å²) >= 11 is 1.58. The second-order valence-electron chi connectivity index (χ2n) is 12.9. The number of anilines is 2. The Morgan fingerprint density at radius 3 is 2.41 bits per heavy atom. The van der Waals surface area contributed by atoms with Crippen LogP contribution in [0.5, 0.6) is 0 Å². The number of aromatic nitrogens is 2. The lowest BCUT2D eigenvalue weighted by Crippen LogP contribution is -2.58. The van der Waals surface area contributed by atoms with Gasteiger partial charge in [-0.05, 0) is 26.0 Å². The van der Waals surface area contributed by atoms with Gasteiger partial charge in [-0.2, -0.15) is 23.4 Å². The molecule has 49 heavy (non-hydrogen) atoms. The van der Waals surface area contributed by atoms with Crippen molar-refractivity contribution in [2.75, 3.05) is 29.5 Å². The number of thiophene rings is 1. The summed E-state index contributed by atoms with van der Waals surface area (Å²) in [5.41, 5.74) is 1.55. The van der Waals surface area contributed by atoms with Crippen LogP contribution >= 0.6 is 23.1 Å². The number of nitrogens with zero attached hydrogens (tertiary/aromatic N) is 5. The quantitative estimate of drug-likeness (QED) is 0.200. The van der Waals surface area contributed by atoms with Crippen molar-refractivity contribution < 1.29 is 31.5 Å². The number of hydrogen-bond acceptors (Lipinski definition) is 9. The van der Waals surface area contributed by atoms with Gasteiger partial charge in [0.2, 0.25) is 5.91 Å². The number of nitriles is 1. The number of benzene rings is 2. The van der Waals surface area contributed by atoms with E-state index in [2.05, 4.69) is 11.6 Å². The van der Waals surface area contributed by atoms with Gasteiger partial charge in [-0.25, -0.2) is 13.6 Å². The molecule has 3 aliphatic rings. The Kier molecular flexibility index (Phi) is 7.60. The first kappa shape index (κ1) is 33.0. The number of hydrogen-bond donors (Lipinski definition) is 1. The Bertz CT molecular complexity index is 2240. The minimum atomic E-state index is -5.10. The summed E-state index contributed by atoms with van der Waals surface area (Å²) in [5, 5.41) is 9.31. The summed E-state index contributed by atoms with van der Waals surface area (Å²) in [5.74, 6) is -2.73. The second-order valence-corrected chi connectivity index (χ2v) is 15.0. The number of fused-ring (bicyclic) bond motifs is 1. The van der Waals surface area contributed by atoms with E-state index in [1.165, 1.54) is 10.6 Å². The number of amides is 1. The molecule has 9 nitrogen and oxygen atoms in total. The summed E-state index contributed by atoms with van der Waals surface area (Å²) in [6, 6.07) is 2.22. The molecule has 2 unspecified atom stereocenters. The Hall–Kier alpha value is -4.49. The number of thioether (sulfide) groups is 1. The highest BCUT2D eigenvalue weighted by Gasteiger charge is 2.48. The minimum absolute atomic E-state index is 0.0171. The van der Waals surface area contributed by atoms with Crippen LogP contribution in [-0.4, -0.2) is 57.1 Å². The van der Waals surface area contributed by atoms with Crippen LogP contribution in [0.25, 0.3) is 32.1 Å². The largest absolute Gasteiger partial charge is 0.417 e. The fraction of sp³-hybridized carbons (Fsp3) is 0.364. The van der Waals surface area contributed by atoms with Crippen LogP contribution in [0.2, 0.25) is 0 Å². The molecule has 0 radical (unpaired) electrons. The highest BCUT2D eigenvalue weighted by molar-refractivity contribution is 7.99. The molecule has 1 aliphatic carbocycles. The van der Waals surface area contributed by atoms with Gasteiger partial charge in [-0.3, -0.25) is 14.2 Å². The van der Waals surface area contributed by atoms with Gasteiger partial charge in [-0.1, -0.05) is 6.58 Å². The molecule has 7 rings (SSSR count). The summed E-state index contributed by atoms with van der Waals surface area (Å²) in [6.45, 7) is 7.33. The number of nitrogen functional groups attached to an aromatic ring is 1. The number of alkyl halides is 3. The molecule has 2 aliphatic heterocycles. The molecule has 2 aromatic carbocycles. The number of Topliss-reactive ketones (excluding diaryl/α,β-unsaturated/α-hetero) is 1. The summed E-state index contributed by atoms with van der Waals surface area (Å²) in [6.07, 6.45) is -3.74. The standard InChI is InChI=1S/C33H27F5N6O3S2/c1-4-22(46)44-14(2)10-42(11-15(44)3)30-17-5-19(33(36,37)38)24(25-20(34)6-21(35)27-23(25)18(9-39)29(40)49-27)28-26(17)43(31(47)41-30)12-32(13-48-28)7-16(45)8-32/h4-6,14-15H,1,7-8,10-13,40H2,2-3H3. The lowest BCUT2D eigenvalue weighted by atomic mass is 9.69. The third kappa shape index (κ3) is 5.00. The van der Waals surface area contributed by atoms with E-state index in [0.29, 0.717) is 17.4 Å². The maximum Gasteiger partial charge on any atom is 0.417 e. The van der Waals surface area contributed by atoms with Gasteiger partial charge in [-0.15, -0.1) is 23.1 Å². The van der Waals surface area contributed by atoms with Gasteiger partial charge in [0.05, 0.1) is 21.3 Å². The zero-order valence-electron chi connectivity index (χ0n) is 26.1. The van der Waals surface area contributed by atoms with Gasteiger partial charge in [0.15, 0.2) is 0 Å². The average molecular weight is 715 g/mol. The topological polar surface area (TPSA) is 125 Å². The fourth-order valence-corrected chi connectivity index (χ4v) is 10.0. The molecule has 1 saturated carbocycles. The first-order valence-corrected chi connectivity index (χ1v) is 17.0. The molecular formula is C33H27F5N6O3S2. The van der Waals surface area contributed by atoms with Crippen molar-refractivity contribution in [2.45, 2.75) is 56.4 Å². The zero-order chi connectivity index (χ0) is 35.3. The van der Waals surface area contributed by atoms with E-state index in [1.54, 1.807) is 29.7 Å². The van der Waals surface area contributed by atoms with Crippen molar-refractivity contribution in [3.05, 3.63) is 58.0 Å². The lowest BCUT2D eigenvalue weighted by Gasteiger charge is -2.44. The first-order chi connectivity index (χ1) is 23.1. The van der Waals surface area contributed by atoms with Crippen molar-refractivity contribution in [1.29, 1.82) is 5.26 Å². The van der Waals surface area contributed by atoms with E-state index < -0.39 is 63.1 Å². The second kappa shape index (κ2) is 11.3. The Balaban J connectivity index is 1.59. The molecule has 254 valence electrons. The number of ketones is 1. The third-order valence-corrected chi connectivity index (χ3v) is 12.0. The summed E-state index contributed by atoms with van der Waals surface area (Å²) in [4.78, 5) is 46.3. The van der Waals surface area contributed by atoms with Crippen molar-refractivity contribution >= 4 is 66.6 Å². The van der Waals surface area contributed by atoms with Gasteiger partial charge >= 0.3 is 11.9 Å². The number of rotatable bonds is 3. The van der Waals surface area contributed by atoms with Crippen LogP contribution in [0.3, 0.4) is 0 Å². The molecule has 2 aromatic heterocycles. The highest BCUT2D eigenvalue weighted by atomic mass is 32.2. The van der Waals surface area contributed by atoms with Crippen LogP contribution in [0.15, 0.2) is 34.5 Å². The number of nitrogens with two attached hydrogens (primary N) is 1. The molecule has 4 aromatic rings. The van der Waals surface area contributed by atoms with E-state index in [-0.39, 0.29) is 86.8 Å². The molecule has 2 N–H and O–H groups in total. The monoisotopic (exact) mass is 714 g/mol. The highest BCUT2D eigenvalue weighted by Crippen LogP contribution is 2.55. The smallest absolute Gasteiger partial charge is 0.389 e. The van der Waals surface area contributed by atoms with Gasteiger partial charge in [0.1, 0.15) is 34.3 Å². The number of carbonyl (C=O) groups is 2. The fourth-order valence-electron chi connectivity index (χ4n) is 7.61. The predicted molar refractivity (Wildman–Crippen MR) is 176 cm³/mol. The Labute approximate surface area is 283 Å². The molecule has 16 heteroatoms. The van der Waals surface area contributed by atoms with E-state index in [4.69, 9.17) is 5.73 Å². The minimum Gasteiger partial charge on any atom is -0.389 e. The molecule has 1 amide bonds. The van der Waals surface area contributed by atoms with Crippen LogP contribution in [0, 0.1) is 28.4 Å². The van der Waals surface area contributed by atoms with Crippen LogP contribution < -0.4 is 16.3 Å². The van der Waals surface area contributed by atoms with Gasteiger partial charge in [0.25, 0.3) is 0 Å². The molecule has 1 spiro atoms. The first-order valence-electron chi connectivity index (χ1n) is 15.2. The van der Waals surface area contributed by atoms with Gasteiger partial charge in [0, 0.05) is 88.6 Å².